The molecular formula is C20H18ClF2NO3. The van der Waals surface area contributed by atoms with Gasteiger partial charge in [-0.15, -0.1) is 0 Å². The lowest BCUT2D eigenvalue weighted by Gasteiger charge is -2.31. The quantitative estimate of drug-likeness (QED) is 0.731. The standard InChI is InChI=1S/C20H18ClF2NO3/c21-17-4-2-1-3-14(17)12-27-20(26)13-7-9-24(10-8-13)19(25)16-6-5-15(22)11-18(16)23/h1-6,11,13H,7-10,12H2. The summed E-state index contributed by atoms with van der Waals surface area (Å²) in [5.74, 6) is -2.79. The Morgan fingerprint density at radius 1 is 1.11 bits per heavy atom. The van der Waals surface area contributed by atoms with Gasteiger partial charge in [-0.3, -0.25) is 9.59 Å². The molecule has 0 radical (unpaired) electrons. The monoisotopic (exact) mass is 393 g/mol. The predicted molar refractivity (Wildman–Crippen MR) is 96.2 cm³/mol. The van der Waals surface area contributed by atoms with E-state index in [0.29, 0.717) is 37.0 Å². The molecule has 0 bridgehead atoms. The maximum atomic E-state index is 13.8. The van der Waals surface area contributed by atoms with Crippen LogP contribution in [0.3, 0.4) is 0 Å². The zero-order valence-corrected chi connectivity index (χ0v) is 15.2. The average Bonchev–Trinajstić information content (AvgIpc) is 2.67. The van der Waals surface area contributed by atoms with Gasteiger partial charge in [-0.2, -0.15) is 0 Å². The van der Waals surface area contributed by atoms with Gasteiger partial charge in [0.1, 0.15) is 18.2 Å². The minimum Gasteiger partial charge on any atom is -0.461 e. The number of halogens is 3. The predicted octanol–water partition coefficient (Wildman–Crippen LogP) is 4.21. The van der Waals surface area contributed by atoms with Gasteiger partial charge in [-0.1, -0.05) is 29.8 Å². The van der Waals surface area contributed by atoms with Crippen molar-refractivity contribution in [3.8, 4) is 0 Å². The molecule has 0 unspecified atom stereocenters. The van der Waals surface area contributed by atoms with E-state index in [0.717, 1.165) is 17.7 Å². The van der Waals surface area contributed by atoms with Crippen LogP contribution in [0.5, 0.6) is 0 Å². The number of carbonyl (C=O) groups is 2. The molecule has 0 atom stereocenters. The van der Waals surface area contributed by atoms with E-state index in [1.165, 1.54) is 4.90 Å². The first-order valence-corrected chi connectivity index (χ1v) is 8.98. The van der Waals surface area contributed by atoms with Crippen LogP contribution in [0.4, 0.5) is 8.78 Å². The summed E-state index contributed by atoms with van der Waals surface area (Å²) in [7, 11) is 0. The van der Waals surface area contributed by atoms with Crippen molar-refractivity contribution in [2.75, 3.05) is 13.1 Å². The summed E-state index contributed by atoms with van der Waals surface area (Å²) in [6, 6.07) is 9.99. The molecule has 0 saturated carbocycles. The Balaban J connectivity index is 1.53. The molecule has 1 aliphatic rings. The number of esters is 1. The second-order valence-electron chi connectivity index (χ2n) is 6.39. The van der Waals surface area contributed by atoms with Crippen LogP contribution in [0, 0.1) is 17.6 Å². The topological polar surface area (TPSA) is 46.6 Å². The van der Waals surface area contributed by atoms with Crippen molar-refractivity contribution >= 4 is 23.5 Å². The Morgan fingerprint density at radius 3 is 2.48 bits per heavy atom. The smallest absolute Gasteiger partial charge is 0.309 e. The normalized spacial score (nSPS) is 14.9. The summed E-state index contributed by atoms with van der Waals surface area (Å²) in [5.41, 5.74) is 0.558. The van der Waals surface area contributed by atoms with Gasteiger partial charge in [-0.25, -0.2) is 8.78 Å². The molecule has 0 N–H and O–H groups in total. The number of ether oxygens (including phenoxy) is 1. The van der Waals surface area contributed by atoms with E-state index in [-0.39, 0.29) is 24.1 Å². The number of amides is 1. The molecule has 0 aromatic heterocycles. The second kappa shape index (κ2) is 8.48. The maximum absolute atomic E-state index is 13.8. The fourth-order valence-corrected chi connectivity index (χ4v) is 3.22. The number of rotatable bonds is 4. The van der Waals surface area contributed by atoms with E-state index in [2.05, 4.69) is 0 Å². The molecule has 2 aromatic rings. The number of nitrogens with zero attached hydrogens (tertiary/aromatic N) is 1. The van der Waals surface area contributed by atoms with Gasteiger partial charge in [0.15, 0.2) is 0 Å². The van der Waals surface area contributed by atoms with Gasteiger partial charge in [0, 0.05) is 29.7 Å². The third-order valence-corrected chi connectivity index (χ3v) is 4.97. The van der Waals surface area contributed by atoms with E-state index < -0.39 is 17.5 Å². The van der Waals surface area contributed by atoms with Crippen LogP contribution in [0.25, 0.3) is 0 Å². The lowest BCUT2D eigenvalue weighted by molar-refractivity contribution is -0.151. The minimum absolute atomic E-state index is 0.0957. The van der Waals surface area contributed by atoms with Crippen molar-refractivity contribution in [3.05, 3.63) is 70.2 Å². The van der Waals surface area contributed by atoms with Gasteiger partial charge in [0.05, 0.1) is 11.5 Å². The van der Waals surface area contributed by atoms with Gasteiger partial charge in [0.2, 0.25) is 0 Å². The van der Waals surface area contributed by atoms with Crippen molar-refractivity contribution in [1.29, 1.82) is 0 Å². The molecule has 1 amide bonds. The van der Waals surface area contributed by atoms with Crippen molar-refractivity contribution < 1.29 is 23.1 Å². The zero-order valence-electron chi connectivity index (χ0n) is 14.5. The summed E-state index contributed by atoms with van der Waals surface area (Å²) in [4.78, 5) is 26.1. The van der Waals surface area contributed by atoms with Crippen LogP contribution in [-0.4, -0.2) is 29.9 Å². The first-order valence-electron chi connectivity index (χ1n) is 8.60. The fourth-order valence-electron chi connectivity index (χ4n) is 3.03. The van der Waals surface area contributed by atoms with Crippen LogP contribution < -0.4 is 0 Å². The Morgan fingerprint density at radius 2 is 1.81 bits per heavy atom. The van der Waals surface area contributed by atoms with Crippen LogP contribution in [0.1, 0.15) is 28.8 Å². The highest BCUT2D eigenvalue weighted by atomic mass is 35.5. The second-order valence-corrected chi connectivity index (χ2v) is 6.80. The van der Waals surface area contributed by atoms with Crippen molar-refractivity contribution in [1.82, 2.24) is 4.90 Å². The molecule has 2 aromatic carbocycles. The number of likely N-dealkylation sites (tertiary alicyclic amines) is 1. The maximum Gasteiger partial charge on any atom is 0.309 e. The highest BCUT2D eigenvalue weighted by Crippen LogP contribution is 2.23. The number of hydrogen-bond donors (Lipinski definition) is 0. The van der Waals surface area contributed by atoms with Crippen molar-refractivity contribution in [3.63, 3.8) is 0 Å². The Hall–Kier alpha value is -2.47. The largest absolute Gasteiger partial charge is 0.461 e. The number of hydrogen-bond acceptors (Lipinski definition) is 3. The molecule has 27 heavy (non-hydrogen) atoms. The van der Waals surface area contributed by atoms with Gasteiger partial charge >= 0.3 is 5.97 Å². The lowest BCUT2D eigenvalue weighted by Crippen LogP contribution is -2.41. The van der Waals surface area contributed by atoms with Crippen molar-refractivity contribution in [2.45, 2.75) is 19.4 Å². The van der Waals surface area contributed by atoms with Crippen LogP contribution in [0.15, 0.2) is 42.5 Å². The Bertz CT molecular complexity index is 851. The van der Waals surface area contributed by atoms with Crippen LogP contribution in [-0.2, 0) is 16.1 Å². The third kappa shape index (κ3) is 4.63. The molecule has 1 heterocycles. The van der Waals surface area contributed by atoms with E-state index >= 15 is 0 Å². The van der Waals surface area contributed by atoms with E-state index in [9.17, 15) is 18.4 Å². The Labute approximate surface area is 160 Å². The third-order valence-electron chi connectivity index (χ3n) is 4.60. The van der Waals surface area contributed by atoms with Gasteiger partial charge < -0.3 is 9.64 Å². The molecule has 0 aliphatic carbocycles. The lowest BCUT2D eigenvalue weighted by atomic mass is 9.96. The summed E-state index contributed by atoms with van der Waals surface area (Å²) >= 11 is 6.04. The molecule has 142 valence electrons. The van der Waals surface area contributed by atoms with Gasteiger partial charge in [0.25, 0.3) is 5.91 Å². The molecule has 7 heteroatoms. The summed E-state index contributed by atoms with van der Waals surface area (Å²) in [6.07, 6.45) is 0.853. The van der Waals surface area contributed by atoms with Crippen LogP contribution in [0.2, 0.25) is 5.02 Å². The summed E-state index contributed by atoms with van der Waals surface area (Å²) in [5, 5.41) is 0.534. The Kier molecular flexibility index (Phi) is 6.06. The number of carbonyl (C=O) groups excluding carboxylic acids is 2. The molecule has 1 aliphatic heterocycles. The highest BCUT2D eigenvalue weighted by Gasteiger charge is 2.29. The zero-order chi connectivity index (χ0) is 19.4. The van der Waals surface area contributed by atoms with E-state index in [1.807, 2.05) is 6.07 Å². The molecule has 1 fully saturated rings. The molecular weight excluding hydrogens is 376 g/mol. The highest BCUT2D eigenvalue weighted by molar-refractivity contribution is 6.31. The summed E-state index contributed by atoms with van der Waals surface area (Å²) in [6.45, 7) is 0.710. The number of benzene rings is 2. The van der Waals surface area contributed by atoms with Gasteiger partial charge in [-0.05, 0) is 31.0 Å². The first-order chi connectivity index (χ1) is 13.0. The average molecular weight is 394 g/mol. The minimum atomic E-state index is -0.888. The molecule has 3 rings (SSSR count). The van der Waals surface area contributed by atoms with Crippen LogP contribution >= 0.6 is 11.6 Å². The molecule has 4 nitrogen and oxygen atoms in total. The first kappa shape index (κ1) is 19.3. The molecule has 1 saturated heterocycles. The van der Waals surface area contributed by atoms with E-state index in [4.69, 9.17) is 16.3 Å². The van der Waals surface area contributed by atoms with Crippen molar-refractivity contribution in [2.24, 2.45) is 5.92 Å². The fraction of sp³-hybridized carbons (Fsp3) is 0.300. The SMILES string of the molecule is O=C(OCc1ccccc1Cl)C1CCN(C(=O)c2ccc(F)cc2F)CC1. The number of piperidine rings is 1. The summed E-state index contributed by atoms with van der Waals surface area (Å²) < 4.78 is 32.1. The molecule has 0 spiro atoms. The van der Waals surface area contributed by atoms with E-state index in [1.54, 1.807) is 18.2 Å².